The Balaban J connectivity index is 2.05. The lowest BCUT2D eigenvalue weighted by atomic mass is 10.0. The molecule has 2 aromatic rings. The molecule has 178 valence electrons. The van der Waals surface area contributed by atoms with Gasteiger partial charge in [0.25, 0.3) is 0 Å². The van der Waals surface area contributed by atoms with Crippen LogP contribution in [-0.2, 0) is 10.0 Å². The summed E-state index contributed by atoms with van der Waals surface area (Å²) in [5.41, 5.74) is 1.57. The summed E-state index contributed by atoms with van der Waals surface area (Å²) >= 11 is 0. The molecule has 0 aromatic heterocycles. The Bertz CT molecular complexity index is 1090. The molecule has 1 heterocycles. The number of aliphatic hydroxyl groups is 1. The van der Waals surface area contributed by atoms with Gasteiger partial charge in [-0.2, -0.15) is 4.31 Å². The van der Waals surface area contributed by atoms with Crippen molar-refractivity contribution in [1.82, 2.24) is 9.21 Å². The second kappa shape index (κ2) is 11.2. The van der Waals surface area contributed by atoms with Crippen LogP contribution in [0.5, 0.6) is 5.75 Å². The average molecular weight is 471 g/mol. The number of hydrogen-bond donors (Lipinski definition) is 1. The van der Waals surface area contributed by atoms with Crippen LogP contribution < -0.4 is 4.74 Å². The Kier molecular flexibility index (Phi) is 8.55. The second-order valence-corrected chi connectivity index (χ2v) is 10.6. The third-order valence-corrected chi connectivity index (χ3v) is 7.91. The minimum absolute atomic E-state index is 0.0692. The summed E-state index contributed by atoms with van der Waals surface area (Å²) in [6.07, 6.45) is 0.816. The lowest BCUT2D eigenvalue weighted by molar-refractivity contribution is 0.0752. The molecule has 0 saturated carbocycles. The number of aliphatic hydroxyl groups excluding tert-OH is 1. The topological polar surface area (TPSA) is 70.1 Å². The first-order valence-corrected chi connectivity index (χ1v) is 12.9. The predicted molar refractivity (Wildman–Crippen MR) is 131 cm³/mol. The van der Waals surface area contributed by atoms with E-state index in [1.54, 1.807) is 25.1 Å². The lowest BCUT2D eigenvalue weighted by Crippen LogP contribution is -2.49. The average Bonchev–Trinajstić information content (AvgIpc) is 2.80. The maximum atomic E-state index is 13.5. The highest BCUT2D eigenvalue weighted by Gasteiger charge is 2.38. The number of hydrogen-bond acceptors (Lipinski definition) is 5. The fourth-order valence-electron chi connectivity index (χ4n) is 3.97. The first-order valence-electron chi connectivity index (χ1n) is 11.4. The third-order valence-electron chi connectivity index (χ3n) is 5.89. The molecule has 33 heavy (non-hydrogen) atoms. The van der Waals surface area contributed by atoms with Crippen LogP contribution in [0.15, 0.2) is 53.4 Å². The number of benzene rings is 2. The molecule has 6 nitrogen and oxygen atoms in total. The molecule has 0 unspecified atom stereocenters. The fourth-order valence-corrected chi connectivity index (χ4v) is 5.79. The van der Waals surface area contributed by atoms with Gasteiger partial charge in [-0.1, -0.05) is 43.9 Å². The van der Waals surface area contributed by atoms with E-state index < -0.39 is 16.1 Å². The van der Waals surface area contributed by atoms with Gasteiger partial charge < -0.3 is 14.7 Å². The monoisotopic (exact) mass is 470 g/mol. The van der Waals surface area contributed by atoms with Gasteiger partial charge in [-0.3, -0.25) is 0 Å². The molecule has 1 N–H and O–H groups in total. The second-order valence-electron chi connectivity index (χ2n) is 8.78. The minimum Gasteiger partial charge on any atom is -0.487 e. The van der Waals surface area contributed by atoms with E-state index in [0.717, 1.165) is 18.5 Å². The van der Waals surface area contributed by atoms with E-state index in [0.29, 0.717) is 17.9 Å². The molecule has 0 fully saturated rings. The van der Waals surface area contributed by atoms with E-state index in [1.165, 1.54) is 4.31 Å². The predicted octanol–water partition coefficient (Wildman–Crippen LogP) is 3.20. The number of rotatable bonds is 6. The molecule has 0 aliphatic carbocycles. The Morgan fingerprint density at radius 2 is 1.88 bits per heavy atom. The van der Waals surface area contributed by atoms with Crippen LogP contribution in [0, 0.1) is 17.8 Å². The standard InChI is InChI=1S/C26H34N2O4S/c1-5-15-27(4)18-25-20(2)17-28(21(3)19-29)33(30,31)26-14-13-23(16-24(26)32-25)12-11-22-9-7-6-8-10-22/h6-10,13-14,16,20-21,25,29H,5,15,17-19H2,1-4H3/t20-,21+,25+/m1/s1. The fraction of sp³-hybridized carbons (Fsp3) is 0.462. The van der Waals surface area contributed by atoms with Crippen molar-refractivity contribution < 1.29 is 18.3 Å². The molecule has 2 aromatic carbocycles. The number of fused-ring (bicyclic) bond motifs is 1. The van der Waals surface area contributed by atoms with Gasteiger partial charge in [0.2, 0.25) is 10.0 Å². The van der Waals surface area contributed by atoms with Gasteiger partial charge in [-0.15, -0.1) is 0 Å². The summed E-state index contributed by atoms with van der Waals surface area (Å²) in [5, 5.41) is 9.76. The summed E-state index contributed by atoms with van der Waals surface area (Å²) in [7, 11) is -1.80. The van der Waals surface area contributed by atoms with Crippen molar-refractivity contribution in [2.45, 2.75) is 44.2 Å². The van der Waals surface area contributed by atoms with Crippen molar-refractivity contribution in [1.29, 1.82) is 0 Å². The van der Waals surface area contributed by atoms with E-state index in [4.69, 9.17) is 4.74 Å². The van der Waals surface area contributed by atoms with Crippen molar-refractivity contribution in [3.05, 3.63) is 59.7 Å². The Labute approximate surface area is 198 Å². The lowest BCUT2D eigenvalue weighted by Gasteiger charge is -2.37. The van der Waals surface area contributed by atoms with E-state index in [1.807, 2.05) is 44.3 Å². The van der Waals surface area contributed by atoms with Crippen LogP contribution in [0.1, 0.15) is 38.3 Å². The van der Waals surface area contributed by atoms with Crippen molar-refractivity contribution in [2.75, 3.05) is 33.3 Å². The molecule has 0 bridgehead atoms. The molecule has 3 rings (SSSR count). The number of ether oxygens (including phenoxy) is 1. The van der Waals surface area contributed by atoms with Gasteiger partial charge in [0.05, 0.1) is 6.61 Å². The van der Waals surface area contributed by atoms with Gasteiger partial charge >= 0.3 is 0 Å². The smallest absolute Gasteiger partial charge is 0.247 e. The summed E-state index contributed by atoms with van der Waals surface area (Å²) in [6.45, 7) is 7.49. The van der Waals surface area contributed by atoms with Crippen LogP contribution in [0.2, 0.25) is 0 Å². The first kappa shape index (κ1) is 25.3. The summed E-state index contributed by atoms with van der Waals surface area (Å²) < 4.78 is 34.8. The molecule has 1 aliphatic rings. The quantitative estimate of drug-likeness (QED) is 0.657. The van der Waals surface area contributed by atoms with Crippen LogP contribution in [0.25, 0.3) is 0 Å². The zero-order valence-corrected chi connectivity index (χ0v) is 20.7. The zero-order chi connectivity index (χ0) is 24.0. The van der Waals surface area contributed by atoms with E-state index in [9.17, 15) is 13.5 Å². The Hall–Kier alpha value is -2.37. The molecule has 0 saturated heterocycles. The van der Waals surface area contributed by atoms with Crippen LogP contribution in [-0.4, -0.2) is 68.2 Å². The van der Waals surface area contributed by atoms with Crippen molar-refractivity contribution in [3.63, 3.8) is 0 Å². The van der Waals surface area contributed by atoms with Crippen molar-refractivity contribution in [2.24, 2.45) is 5.92 Å². The highest BCUT2D eigenvalue weighted by molar-refractivity contribution is 7.89. The number of likely N-dealkylation sites (N-methyl/N-ethyl adjacent to an activating group) is 1. The highest BCUT2D eigenvalue weighted by atomic mass is 32.2. The van der Waals surface area contributed by atoms with Gasteiger partial charge in [-0.25, -0.2) is 8.42 Å². The van der Waals surface area contributed by atoms with E-state index in [2.05, 4.69) is 23.7 Å². The molecule has 7 heteroatoms. The van der Waals surface area contributed by atoms with Crippen LogP contribution in [0.4, 0.5) is 0 Å². The number of nitrogens with zero attached hydrogens (tertiary/aromatic N) is 2. The molecule has 0 amide bonds. The van der Waals surface area contributed by atoms with Gasteiger partial charge in [-0.05, 0) is 57.3 Å². The minimum atomic E-state index is -3.85. The number of sulfonamides is 1. The molecule has 0 radical (unpaired) electrons. The SMILES string of the molecule is CCCN(C)C[C@@H]1Oc2cc(C#Cc3ccccc3)ccc2S(=O)(=O)N([C@@H](C)CO)C[C@H]1C. The van der Waals surface area contributed by atoms with Crippen LogP contribution in [0.3, 0.4) is 0 Å². The largest absolute Gasteiger partial charge is 0.487 e. The molecular formula is C26H34N2O4S. The highest BCUT2D eigenvalue weighted by Crippen LogP contribution is 2.34. The van der Waals surface area contributed by atoms with Crippen molar-refractivity contribution in [3.8, 4) is 17.6 Å². The normalized spacial score (nSPS) is 21.2. The Morgan fingerprint density at radius 3 is 2.55 bits per heavy atom. The van der Waals surface area contributed by atoms with Gasteiger partial charge in [0.1, 0.15) is 16.7 Å². The third kappa shape index (κ3) is 6.15. The summed E-state index contributed by atoms with van der Waals surface area (Å²) in [5.74, 6) is 6.48. The maximum Gasteiger partial charge on any atom is 0.247 e. The van der Waals surface area contributed by atoms with E-state index in [-0.39, 0.29) is 30.1 Å². The Morgan fingerprint density at radius 1 is 1.18 bits per heavy atom. The molecule has 3 atom stereocenters. The summed E-state index contributed by atoms with van der Waals surface area (Å²) in [4.78, 5) is 2.32. The molecular weight excluding hydrogens is 436 g/mol. The van der Waals surface area contributed by atoms with Crippen molar-refractivity contribution >= 4 is 10.0 Å². The van der Waals surface area contributed by atoms with Crippen LogP contribution >= 0.6 is 0 Å². The maximum absolute atomic E-state index is 13.5. The molecule has 1 aliphatic heterocycles. The summed E-state index contributed by atoms with van der Waals surface area (Å²) in [6, 6.07) is 14.1. The van der Waals surface area contributed by atoms with E-state index >= 15 is 0 Å². The first-order chi connectivity index (χ1) is 15.8. The zero-order valence-electron chi connectivity index (χ0n) is 19.9. The van der Waals surface area contributed by atoms with Gasteiger partial charge in [0, 0.05) is 36.2 Å². The van der Waals surface area contributed by atoms with Gasteiger partial charge in [0.15, 0.2) is 0 Å². The molecule has 0 spiro atoms.